The predicted octanol–water partition coefficient (Wildman–Crippen LogP) is 0.955. The second kappa shape index (κ2) is 5.71. The van der Waals surface area contributed by atoms with Gasteiger partial charge in [-0.1, -0.05) is 0 Å². The van der Waals surface area contributed by atoms with Crippen LogP contribution < -0.4 is 4.74 Å². The Morgan fingerprint density at radius 2 is 2.16 bits per heavy atom. The van der Waals surface area contributed by atoms with Crippen LogP contribution in [0.2, 0.25) is 0 Å². The molecule has 1 unspecified atom stereocenters. The van der Waals surface area contributed by atoms with Crippen molar-refractivity contribution in [3.63, 3.8) is 0 Å². The van der Waals surface area contributed by atoms with Crippen molar-refractivity contribution < 1.29 is 23.1 Å². The number of aliphatic carboxylic acids is 1. The van der Waals surface area contributed by atoms with Crippen molar-refractivity contribution >= 4 is 15.8 Å². The van der Waals surface area contributed by atoms with Crippen LogP contribution in [-0.2, 0) is 20.4 Å². The average molecular weight is 283 g/mol. The van der Waals surface area contributed by atoms with E-state index in [1.807, 2.05) is 6.07 Å². The Morgan fingerprint density at radius 3 is 2.63 bits per heavy atom. The van der Waals surface area contributed by atoms with Gasteiger partial charge in [0.1, 0.15) is 5.75 Å². The monoisotopic (exact) mass is 283 g/mol. The highest BCUT2D eigenvalue weighted by molar-refractivity contribution is 7.92. The molecule has 7 heteroatoms. The highest BCUT2D eigenvalue weighted by atomic mass is 32.2. The third-order valence-corrected chi connectivity index (χ3v) is 4.64. The Balaban J connectivity index is 3.18. The minimum absolute atomic E-state index is 0.273. The molecule has 0 spiro atoms. The number of carbonyl (C=O) groups is 1. The second-order valence-corrected chi connectivity index (χ2v) is 6.25. The summed E-state index contributed by atoms with van der Waals surface area (Å²) in [6.07, 6.45) is 0. The Bertz CT molecular complexity index is 630. The summed E-state index contributed by atoms with van der Waals surface area (Å²) in [5, 5.41) is 16.0. The lowest BCUT2D eigenvalue weighted by atomic mass is 10.1. The van der Waals surface area contributed by atoms with E-state index < -0.39 is 26.8 Å². The Morgan fingerprint density at radius 1 is 1.53 bits per heavy atom. The SMILES string of the molecule is COc1ccc(C#N)cc1CS(=O)(=O)C(C)C(=O)O. The summed E-state index contributed by atoms with van der Waals surface area (Å²) < 4.78 is 28.8. The molecule has 0 aliphatic heterocycles. The molecule has 0 aromatic heterocycles. The normalized spacial score (nSPS) is 12.5. The molecule has 1 rings (SSSR count). The maximum atomic E-state index is 11.9. The molecule has 1 aromatic carbocycles. The van der Waals surface area contributed by atoms with Gasteiger partial charge >= 0.3 is 5.97 Å². The number of rotatable bonds is 5. The summed E-state index contributed by atoms with van der Waals surface area (Å²) in [6.45, 7) is 1.11. The maximum absolute atomic E-state index is 11.9. The Labute approximate surface area is 111 Å². The van der Waals surface area contributed by atoms with Crippen LogP contribution in [0, 0.1) is 11.3 Å². The van der Waals surface area contributed by atoms with Gasteiger partial charge in [0.05, 0.1) is 24.5 Å². The zero-order valence-electron chi connectivity index (χ0n) is 10.5. The van der Waals surface area contributed by atoms with Crippen molar-refractivity contribution in [2.24, 2.45) is 0 Å². The molecule has 0 bridgehead atoms. The predicted molar refractivity (Wildman–Crippen MR) is 67.4 cm³/mol. The lowest BCUT2D eigenvalue weighted by Gasteiger charge is -2.11. The van der Waals surface area contributed by atoms with E-state index in [1.165, 1.54) is 25.3 Å². The number of carboxylic acids is 1. The molecule has 0 heterocycles. The molecule has 19 heavy (non-hydrogen) atoms. The van der Waals surface area contributed by atoms with E-state index in [-0.39, 0.29) is 11.1 Å². The quantitative estimate of drug-likeness (QED) is 0.862. The molecule has 0 aliphatic carbocycles. The van der Waals surface area contributed by atoms with Gasteiger partial charge in [0.25, 0.3) is 0 Å². The van der Waals surface area contributed by atoms with E-state index in [1.54, 1.807) is 0 Å². The molecule has 0 aliphatic rings. The number of methoxy groups -OCH3 is 1. The van der Waals surface area contributed by atoms with Crippen molar-refractivity contribution in [1.82, 2.24) is 0 Å². The number of nitrogens with zero attached hydrogens (tertiary/aromatic N) is 1. The van der Waals surface area contributed by atoms with E-state index in [9.17, 15) is 13.2 Å². The fraction of sp³-hybridized carbons (Fsp3) is 0.333. The van der Waals surface area contributed by atoms with Crippen LogP contribution >= 0.6 is 0 Å². The minimum Gasteiger partial charge on any atom is -0.496 e. The molecule has 0 fully saturated rings. The highest BCUT2D eigenvalue weighted by Gasteiger charge is 2.28. The van der Waals surface area contributed by atoms with Crippen LogP contribution in [0.15, 0.2) is 18.2 Å². The molecule has 1 aromatic rings. The number of benzene rings is 1. The van der Waals surface area contributed by atoms with Gasteiger partial charge in [-0.15, -0.1) is 0 Å². The Hall–Kier alpha value is -2.07. The van der Waals surface area contributed by atoms with E-state index in [4.69, 9.17) is 15.1 Å². The van der Waals surface area contributed by atoms with E-state index in [0.29, 0.717) is 5.75 Å². The molecule has 0 amide bonds. The summed E-state index contributed by atoms with van der Waals surface area (Å²) in [5.41, 5.74) is 0.559. The molecular weight excluding hydrogens is 270 g/mol. The summed E-state index contributed by atoms with van der Waals surface area (Å²) in [4.78, 5) is 10.8. The number of ether oxygens (including phenoxy) is 1. The molecule has 1 N–H and O–H groups in total. The number of sulfone groups is 1. The molecule has 0 radical (unpaired) electrons. The van der Waals surface area contributed by atoms with Crippen LogP contribution in [0.3, 0.4) is 0 Å². The molecule has 0 saturated carbocycles. The van der Waals surface area contributed by atoms with Crippen molar-refractivity contribution in [1.29, 1.82) is 5.26 Å². The molecule has 102 valence electrons. The third-order valence-electron chi connectivity index (χ3n) is 2.65. The van der Waals surface area contributed by atoms with Crippen molar-refractivity contribution in [2.45, 2.75) is 17.9 Å². The van der Waals surface area contributed by atoms with Gasteiger partial charge in [0.15, 0.2) is 15.1 Å². The fourth-order valence-corrected chi connectivity index (χ4v) is 2.67. The van der Waals surface area contributed by atoms with Gasteiger partial charge in [-0.2, -0.15) is 5.26 Å². The summed E-state index contributed by atoms with van der Waals surface area (Å²) >= 11 is 0. The van der Waals surface area contributed by atoms with Crippen LogP contribution in [0.25, 0.3) is 0 Å². The summed E-state index contributed by atoms with van der Waals surface area (Å²) in [6, 6.07) is 6.25. The molecule has 0 saturated heterocycles. The van der Waals surface area contributed by atoms with E-state index in [2.05, 4.69) is 0 Å². The van der Waals surface area contributed by atoms with Crippen molar-refractivity contribution in [2.75, 3.05) is 7.11 Å². The van der Waals surface area contributed by atoms with Gasteiger partial charge in [-0.05, 0) is 25.1 Å². The highest BCUT2D eigenvalue weighted by Crippen LogP contribution is 2.23. The number of hydrogen-bond donors (Lipinski definition) is 1. The van der Waals surface area contributed by atoms with Crippen LogP contribution in [0.5, 0.6) is 5.75 Å². The number of carboxylic acid groups (broad SMARTS) is 1. The average Bonchev–Trinajstić information content (AvgIpc) is 2.37. The van der Waals surface area contributed by atoms with Crippen molar-refractivity contribution in [3.8, 4) is 11.8 Å². The zero-order chi connectivity index (χ0) is 14.6. The molecule has 1 atom stereocenters. The third kappa shape index (κ3) is 3.45. The van der Waals surface area contributed by atoms with Gasteiger partial charge in [0.2, 0.25) is 0 Å². The largest absolute Gasteiger partial charge is 0.496 e. The molecule has 6 nitrogen and oxygen atoms in total. The first-order valence-corrected chi connectivity index (χ1v) is 7.04. The Kier molecular flexibility index (Phi) is 4.51. The number of nitriles is 1. The smallest absolute Gasteiger partial charge is 0.321 e. The number of hydrogen-bond acceptors (Lipinski definition) is 5. The van der Waals surface area contributed by atoms with Gasteiger partial charge < -0.3 is 9.84 Å². The first kappa shape index (κ1) is 15.0. The van der Waals surface area contributed by atoms with Gasteiger partial charge in [-0.3, -0.25) is 4.79 Å². The summed E-state index contributed by atoms with van der Waals surface area (Å²) in [5.74, 6) is -1.59. The van der Waals surface area contributed by atoms with Crippen molar-refractivity contribution in [3.05, 3.63) is 29.3 Å². The van der Waals surface area contributed by atoms with E-state index in [0.717, 1.165) is 6.92 Å². The fourth-order valence-electron chi connectivity index (χ4n) is 1.46. The second-order valence-electron chi connectivity index (χ2n) is 3.93. The minimum atomic E-state index is -3.86. The standard InChI is InChI=1S/C12H13NO5S/c1-8(12(14)15)19(16,17)7-10-5-9(6-13)3-4-11(10)18-2/h3-5,8H,7H2,1-2H3,(H,14,15). The lowest BCUT2D eigenvalue weighted by molar-refractivity contribution is -0.136. The van der Waals surface area contributed by atoms with Gasteiger partial charge in [-0.25, -0.2) is 8.42 Å². The first-order chi connectivity index (χ1) is 8.81. The molecular formula is C12H13NO5S. The van der Waals surface area contributed by atoms with Crippen LogP contribution in [0.4, 0.5) is 0 Å². The lowest BCUT2D eigenvalue weighted by Crippen LogP contribution is -2.28. The summed E-state index contributed by atoms with van der Waals surface area (Å²) in [7, 11) is -2.49. The maximum Gasteiger partial charge on any atom is 0.321 e. The van der Waals surface area contributed by atoms with Crippen LogP contribution in [-0.4, -0.2) is 31.9 Å². The van der Waals surface area contributed by atoms with Crippen LogP contribution in [0.1, 0.15) is 18.1 Å². The first-order valence-electron chi connectivity index (χ1n) is 5.33. The van der Waals surface area contributed by atoms with E-state index >= 15 is 0 Å². The zero-order valence-corrected chi connectivity index (χ0v) is 11.3. The topological polar surface area (TPSA) is 104 Å². The van der Waals surface area contributed by atoms with Gasteiger partial charge in [0, 0.05) is 5.56 Å².